The molecule has 4 fully saturated rings. The molecule has 5 rings (SSSR count). The van der Waals surface area contributed by atoms with E-state index in [4.69, 9.17) is 0 Å². The summed E-state index contributed by atoms with van der Waals surface area (Å²) in [6.07, 6.45) is 6.10. The molecule has 11 heteroatoms. The topological polar surface area (TPSA) is 98.8 Å². The third kappa shape index (κ3) is 4.78. The Balaban J connectivity index is 1.04. The van der Waals surface area contributed by atoms with Crippen LogP contribution in [0.5, 0.6) is 0 Å². The summed E-state index contributed by atoms with van der Waals surface area (Å²) < 4.78 is 27.6. The van der Waals surface area contributed by atoms with Crippen LogP contribution in [0.15, 0.2) is 21.7 Å². The minimum Gasteiger partial charge on any atom is -0.342 e. The lowest BCUT2D eigenvalue weighted by Gasteiger charge is -2.38. The molecule has 182 valence electrons. The number of amides is 3. The number of fused-ring (bicyclic) bond motifs is 1. The van der Waals surface area contributed by atoms with Gasteiger partial charge in [0, 0.05) is 43.6 Å². The number of carbonyl (C=O) groups is 2. The molecule has 0 bridgehead atoms. The average molecular weight is 513 g/mol. The summed E-state index contributed by atoms with van der Waals surface area (Å²) in [5, 5.41) is 8.23. The third-order valence-electron chi connectivity index (χ3n) is 7.73. The predicted molar refractivity (Wildman–Crippen MR) is 130 cm³/mol. The van der Waals surface area contributed by atoms with Gasteiger partial charge in [0.1, 0.15) is 4.21 Å². The number of unbranched alkanes of at least 4 members (excludes halogenated alkanes) is 1. The summed E-state index contributed by atoms with van der Waals surface area (Å²) in [6, 6.07) is 3.87. The number of piperidine rings is 1. The van der Waals surface area contributed by atoms with Gasteiger partial charge in [0.05, 0.1) is 12.1 Å². The highest BCUT2D eigenvalue weighted by Gasteiger charge is 2.44. The standard InChI is InChI=1S/C22H32N4O4S3/c27-18(5-2-1-4-17-20-16(14-32-17)23-21(28)24-20)25-10-7-22(15-25)8-11-26(12-9-22)33(29,30)19-6-3-13-31-19/h3,6,13,16-17,20H,1-2,4-5,7-12,14-15H2,(H2,23,24,28)/t16-,17-,20-/m0/s1. The Hall–Kier alpha value is -1.30. The zero-order valence-electron chi connectivity index (χ0n) is 18.7. The van der Waals surface area contributed by atoms with Gasteiger partial charge < -0.3 is 15.5 Å². The number of urea groups is 1. The number of hydrogen-bond donors (Lipinski definition) is 2. The fourth-order valence-corrected chi connectivity index (χ4v) is 9.85. The molecule has 3 amide bonds. The highest BCUT2D eigenvalue weighted by Crippen LogP contribution is 2.42. The normalized spacial score (nSPS) is 29.3. The van der Waals surface area contributed by atoms with Gasteiger partial charge in [-0.05, 0) is 49.0 Å². The first-order valence-corrected chi connectivity index (χ1v) is 15.2. The Morgan fingerprint density at radius 2 is 1.94 bits per heavy atom. The molecule has 4 aliphatic heterocycles. The van der Waals surface area contributed by atoms with Crippen molar-refractivity contribution in [3.8, 4) is 0 Å². The van der Waals surface area contributed by atoms with Crippen molar-refractivity contribution in [2.45, 2.75) is 66.5 Å². The van der Waals surface area contributed by atoms with Gasteiger partial charge in [-0.1, -0.05) is 12.5 Å². The van der Waals surface area contributed by atoms with Crippen LogP contribution in [-0.2, 0) is 14.8 Å². The van der Waals surface area contributed by atoms with Gasteiger partial charge in [-0.3, -0.25) is 4.79 Å². The lowest BCUT2D eigenvalue weighted by atomic mass is 9.78. The van der Waals surface area contributed by atoms with Crippen LogP contribution in [0.25, 0.3) is 0 Å². The Kier molecular flexibility index (Phi) is 6.67. The lowest BCUT2D eigenvalue weighted by molar-refractivity contribution is -0.130. The number of thiophene rings is 1. The lowest BCUT2D eigenvalue weighted by Crippen LogP contribution is -2.44. The van der Waals surface area contributed by atoms with E-state index in [1.165, 1.54) is 11.3 Å². The molecule has 4 aliphatic rings. The van der Waals surface area contributed by atoms with Crippen molar-refractivity contribution >= 4 is 45.1 Å². The van der Waals surface area contributed by atoms with Gasteiger partial charge in [0.15, 0.2) is 0 Å². The second kappa shape index (κ2) is 9.39. The van der Waals surface area contributed by atoms with E-state index in [-0.39, 0.29) is 29.4 Å². The summed E-state index contributed by atoms with van der Waals surface area (Å²) in [6.45, 7) is 2.62. The van der Waals surface area contributed by atoms with Gasteiger partial charge in [-0.15, -0.1) is 11.3 Å². The minimum absolute atomic E-state index is 0.0524. The van der Waals surface area contributed by atoms with E-state index in [9.17, 15) is 18.0 Å². The Morgan fingerprint density at radius 1 is 1.15 bits per heavy atom. The van der Waals surface area contributed by atoms with Crippen molar-refractivity contribution in [1.82, 2.24) is 19.8 Å². The average Bonchev–Trinajstić information content (AvgIpc) is 3.57. The van der Waals surface area contributed by atoms with Crippen molar-refractivity contribution in [3.63, 3.8) is 0 Å². The summed E-state index contributed by atoms with van der Waals surface area (Å²) in [4.78, 5) is 26.3. The molecule has 0 unspecified atom stereocenters. The highest BCUT2D eigenvalue weighted by molar-refractivity contribution is 8.00. The highest BCUT2D eigenvalue weighted by atomic mass is 32.2. The van der Waals surface area contributed by atoms with Crippen molar-refractivity contribution in [3.05, 3.63) is 17.5 Å². The molecule has 1 spiro atoms. The third-order valence-corrected chi connectivity index (χ3v) is 12.5. The molecule has 1 aromatic heterocycles. The molecular formula is C22H32N4O4S3. The van der Waals surface area contributed by atoms with E-state index >= 15 is 0 Å². The summed E-state index contributed by atoms with van der Waals surface area (Å²) >= 11 is 3.19. The number of nitrogens with one attached hydrogen (secondary N) is 2. The van der Waals surface area contributed by atoms with Crippen LogP contribution in [0.4, 0.5) is 4.79 Å². The molecule has 4 saturated heterocycles. The summed E-state index contributed by atoms with van der Waals surface area (Å²) in [7, 11) is -3.38. The van der Waals surface area contributed by atoms with Crippen molar-refractivity contribution in [2.75, 3.05) is 31.9 Å². The quantitative estimate of drug-likeness (QED) is 0.432. The minimum atomic E-state index is -3.38. The molecule has 2 N–H and O–H groups in total. The molecule has 5 heterocycles. The number of likely N-dealkylation sites (tertiary alicyclic amines) is 1. The number of nitrogens with zero attached hydrogens (tertiary/aromatic N) is 2. The van der Waals surface area contributed by atoms with E-state index < -0.39 is 10.0 Å². The van der Waals surface area contributed by atoms with E-state index in [0.29, 0.717) is 29.0 Å². The summed E-state index contributed by atoms with van der Waals surface area (Å²) in [5.74, 6) is 1.20. The van der Waals surface area contributed by atoms with Gasteiger partial charge >= 0.3 is 6.03 Å². The number of sulfonamides is 1. The maximum absolute atomic E-state index is 12.8. The van der Waals surface area contributed by atoms with E-state index in [1.807, 2.05) is 16.7 Å². The van der Waals surface area contributed by atoms with Gasteiger partial charge in [-0.25, -0.2) is 13.2 Å². The number of hydrogen-bond acceptors (Lipinski definition) is 6. The number of carbonyl (C=O) groups excluding carboxylic acids is 2. The van der Waals surface area contributed by atoms with Crippen LogP contribution >= 0.6 is 23.1 Å². The second-order valence-corrected chi connectivity index (χ2v) is 14.2. The molecule has 0 radical (unpaired) electrons. The van der Waals surface area contributed by atoms with Crippen LogP contribution in [-0.4, -0.2) is 78.8 Å². The van der Waals surface area contributed by atoms with E-state index in [2.05, 4.69) is 10.6 Å². The van der Waals surface area contributed by atoms with Crippen molar-refractivity contribution in [2.24, 2.45) is 5.41 Å². The first-order valence-electron chi connectivity index (χ1n) is 11.9. The maximum atomic E-state index is 12.8. The van der Waals surface area contributed by atoms with Crippen LogP contribution < -0.4 is 10.6 Å². The van der Waals surface area contributed by atoms with Gasteiger partial charge in [-0.2, -0.15) is 16.1 Å². The van der Waals surface area contributed by atoms with Crippen LogP contribution in [0, 0.1) is 5.41 Å². The maximum Gasteiger partial charge on any atom is 0.315 e. The molecule has 0 aromatic carbocycles. The first-order chi connectivity index (χ1) is 15.9. The molecular weight excluding hydrogens is 480 g/mol. The van der Waals surface area contributed by atoms with Gasteiger partial charge in [0.25, 0.3) is 10.0 Å². The Bertz CT molecular complexity index is 976. The molecule has 33 heavy (non-hydrogen) atoms. The monoisotopic (exact) mass is 512 g/mol. The number of thioether (sulfide) groups is 1. The SMILES string of the molecule is O=C1N[C@H]2[C@H](CS[C@H]2CCCCC(=O)N2CCC3(CCN(S(=O)(=O)c4cccs4)CC3)C2)N1. The predicted octanol–water partition coefficient (Wildman–Crippen LogP) is 2.48. The number of rotatable bonds is 7. The molecule has 1 aromatic rings. The first kappa shape index (κ1) is 23.4. The van der Waals surface area contributed by atoms with E-state index in [0.717, 1.165) is 57.4 Å². The van der Waals surface area contributed by atoms with Crippen LogP contribution in [0.2, 0.25) is 0 Å². The molecule has 0 aliphatic carbocycles. The molecule has 3 atom stereocenters. The van der Waals surface area contributed by atoms with Crippen molar-refractivity contribution in [1.29, 1.82) is 0 Å². The zero-order valence-corrected chi connectivity index (χ0v) is 21.2. The smallest absolute Gasteiger partial charge is 0.315 e. The van der Waals surface area contributed by atoms with E-state index in [1.54, 1.807) is 21.8 Å². The fraction of sp³-hybridized carbons (Fsp3) is 0.727. The zero-order chi connectivity index (χ0) is 23.1. The molecule has 0 saturated carbocycles. The van der Waals surface area contributed by atoms with Gasteiger partial charge in [0.2, 0.25) is 5.91 Å². The fourth-order valence-electron chi connectivity index (χ4n) is 5.72. The van der Waals surface area contributed by atoms with Crippen molar-refractivity contribution < 1.29 is 18.0 Å². The largest absolute Gasteiger partial charge is 0.342 e. The Morgan fingerprint density at radius 3 is 2.70 bits per heavy atom. The second-order valence-electron chi connectivity index (χ2n) is 9.77. The van der Waals surface area contributed by atoms with Crippen LogP contribution in [0.3, 0.4) is 0 Å². The summed E-state index contributed by atoms with van der Waals surface area (Å²) in [5.41, 5.74) is 0.0698. The van der Waals surface area contributed by atoms with Crippen LogP contribution in [0.1, 0.15) is 44.9 Å². The Labute approximate surface area is 203 Å². The molecule has 8 nitrogen and oxygen atoms in total.